The van der Waals surface area contributed by atoms with E-state index in [1.165, 1.54) is 22.1 Å². The molecule has 7 nitrogen and oxygen atoms in total. The number of nitrogens with one attached hydrogen (secondary N) is 1. The first-order valence-corrected chi connectivity index (χ1v) is 15.2. The van der Waals surface area contributed by atoms with Crippen LogP contribution in [0, 0.1) is 5.92 Å². The van der Waals surface area contributed by atoms with Crippen LogP contribution in [0.5, 0.6) is 0 Å². The molecule has 0 aromatic heterocycles. The molecule has 1 aliphatic rings. The smallest absolute Gasteiger partial charge is 0.290 e. The Labute approximate surface area is 257 Å². The molecule has 3 unspecified atom stereocenters. The average molecular weight is 589 g/mol. The van der Waals surface area contributed by atoms with Crippen molar-refractivity contribution in [2.75, 3.05) is 37.6 Å². The van der Waals surface area contributed by atoms with Crippen molar-refractivity contribution in [2.24, 2.45) is 5.92 Å². The summed E-state index contributed by atoms with van der Waals surface area (Å²) < 4.78 is 18.8. The Kier molecular flexibility index (Phi) is 12.9. The van der Waals surface area contributed by atoms with Gasteiger partial charge in [0.05, 0.1) is 18.9 Å². The monoisotopic (exact) mass is 588 g/mol. The summed E-state index contributed by atoms with van der Waals surface area (Å²) in [4.78, 5) is 28.3. The maximum Gasteiger partial charge on any atom is 0.290 e. The second kappa shape index (κ2) is 16.4. The van der Waals surface area contributed by atoms with Crippen molar-refractivity contribution in [2.45, 2.75) is 72.2 Å². The number of hydrogen-bond donors (Lipinski definition) is 1. The van der Waals surface area contributed by atoms with E-state index in [0.29, 0.717) is 18.0 Å². The molecule has 232 valence electrons. The van der Waals surface area contributed by atoms with Crippen LogP contribution in [0.2, 0.25) is 0 Å². The largest absolute Gasteiger partial charge is 0.370 e. The summed E-state index contributed by atoms with van der Waals surface area (Å²) in [5.41, 5.74) is 5.34. The highest BCUT2D eigenvalue weighted by atomic mass is 16.7. The topological polar surface area (TPSA) is 77.1 Å². The highest BCUT2D eigenvalue weighted by Gasteiger charge is 2.56. The number of fused-ring (bicyclic) bond motifs is 1. The van der Waals surface area contributed by atoms with Gasteiger partial charge in [0.25, 0.3) is 11.7 Å². The Balaban J connectivity index is 1.88. The van der Waals surface area contributed by atoms with Gasteiger partial charge >= 0.3 is 0 Å². The number of carbonyl (C=O) groups excluding carboxylic acids is 2. The Bertz CT molecular complexity index is 1310. The van der Waals surface area contributed by atoms with Gasteiger partial charge in [-0.15, -0.1) is 0 Å². The fourth-order valence-electron chi connectivity index (χ4n) is 5.15. The SMILES string of the molecule is CCCC(C)COC1(OC/C=C(\C)CCC=C(C)C)C(=O)N(C)c2cc(NC(=O)/C=C/c3ccccc3)ccc2C1OC. The van der Waals surface area contributed by atoms with E-state index < -0.39 is 11.9 Å². The van der Waals surface area contributed by atoms with Gasteiger partial charge in [0, 0.05) is 31.5 Å². The third-order valence-corrected chi connectivity index (χ3v) is 7.54. The zero-order chi connectivity index (χ0) is 31.4. The molecule has 43 heavy (non-hydrogen) atoms. The van der Waals surface area contributed by atoms with Crippen LogP contribution in [-0.4, -0.2) is 45.0 Å². The predicted octanol–water partition coefficient (Wildman–Crippen LogP) is 7.86. The first-order chi connectivity index (χ1) is 20.6. The number of rotatable bonds is 15. The van der Waals surface area contributed by atoms with E-state index in [9.17, 15) is 9.59 Å². The summed E-state index contributed by atoms with van der Waals surface area (Å²) in [6.07, 6.45) is 10.5. The maximum absolute atomic E-state index is 14.1. The second-order valence-electron chi connectivity index (χ2n) is 11.5. The lowest BCUT2D eigenvalue weighted by Gasteiger charge is -2.45. The van der Waals surface area contributed by atoms with Crippen LogP contribution in [0.15, 0.2) is 77.9 Å². The van der Waals surface area contributed by atoms with Gasteiger partial charge in [-0.3, -0.25) is 9.59 Å². The Morgan fingerprint density at radius 2 is 1.84 bits per heavy atom. The van der Waals surface area contributed by atoms with Gasteiger partial charge < -0.3 is 24.4 Å². The Morgan fingerprint density at radius 3 is 2.51 bits per heavy atom. The van der Waals surface area contributed by atoms with E-state index >= 15 is 0 Å². The fourth-order valence-corrected chi connectivity index (χ4v) is 5.15. The number of hydrogen-bond acceptors (Lipinski definition) is 5. The van der Waals surface area contributed by atoms with E-state index in [4.69, 9.17) is 14.2 Å². The maximum atomic E-state index is 14.1. The van der Waals surface area contributed by atoms with Crippen molar-refractivity contribution in [3.05, 3.63) is 89.0 Å². The van der Waals surface area contributed by atoms with Crippen LogP contribution in [0.25, 0.3) is 6.08 Å². The predicted molar refractivity (Wildman–Crippen MR) is 175 cm³/mol. The third kappa shape index (κ3) is 9.23. The number of anilines is 2. The highest BCUT2D eigenvalue weighted by molar-refractivity contribution is 6.05. The van der Waals surface area contributed by atoms with E-state index in [1.807, 2.05) is 42.5 Å². The Hall–Kier alpha value is -3.52. The van der Waals surface area contributed by atoms with Crippen LogP contribution in [-0.2, 0) is 23.8 Å². The Morgan fingerprint density at radius 1 is 1.09 bits per heavy atom. The summed E-state index contributed by atoms with van der Waals surface area (Å²) in [5.74, 6) is -2.03. The number of amides is 2. The number of likely N-dealkylation sites (N-methyl/N-ethyl adjacent to an activating group) is 1. The number of nitrogens with zero attached hydrogens (tertiary/aromatic N) is 1. The van der Waals surface area contributed by atoms with E-state index in [0.717, 1.165) is 36.8 Å². The lowest BCUT2D eigenvalue weighted by atomic mass is 9.92. The standard InChI is InChI=1S/C36H48N2O5/c1-8-13-28(5)25-43-36(42-23-22-27(4)15-12-14-26(2)3)34(41-7)31-20-19-30(24-32(31)38(6)35(36)40)37-33(39)21-18-29-16-10-9-11-17-29/h9-11,14,16-22,24,28,34H,8,12-13,15,23,25H2,1-7H3,(H,37,39)/b21-18+,27-22+. The normalized spacial score (nSPS) is 19.3. The molecular formula is C36H48N2O5. The van der Waals surface area contributed by atoms with Crippen molar-refractivity contribution < 1.29 is 23.8 Å². The summed E-state index contributed by atoms with van der Waals surface area (Å²) >= 11 is 0. The lowest BCUT2D eigenvalue weighted by Crippen LogP contribution is -2.59. The van der Waals surface area contributed by atoms with Crippen LogP contribution in [0.4, 0.5) is 11.4 Å². The number of carbonyl (C=O) groups is 2. The summed E-state index contributed by atoms with van der Waals surface area (Å²) in [5, 5.41) is 2.90. The molecule has 2 amide bonds. The molecule has 7 heteroatoms. The third-order valence-electron chi connectivity index (χ3n) is 7.54. The fraction of sp³-hybridized carbons (Fsp3) is 0.444. The molecule has 0 saturated heterocycles. The minimum atomic E-state index is -1.65. The highest BCUT2D eigenvalue weighted by Crippen LogP contribution is 2.45. The van der Waals surface area contributed by atoms with Gasteiger partial charge in [0.15, 0.2) is 0 Å². The van der Waals surface area contributed by atoms with Gasteiger partial charge in [-0.25, -0.2) is 0 Å². The molecule has 2 aromatic carbocycles. The molecule has 3 atom stereocenters. The van der Waals surface area contributed by atoms with E-state index in [-0.39, 0.29) is 24.3 Å². The molecule has 3 rings (SSSR count). The molecule has 1 heterocycles. The van der Waals surface area contributed by atoms with E-state index in [2.05, 4.69) is 46.0 Å². The van der Waals surface area contributed by atoms with Crippen LogP contribution in [0.3, 0.4) is 0 Å². The van der Waals surface area contributed by atoms with Crippen molar-refractivity contribution >= 4 is 29.3 Å². The zero-order valence-electron chi connectivity index (χ0n) is 26.8. The van der Waals surface area contributed by atoms with Gasteiger partial charge in [0.1, 0.15) is 6.10 Å². The molecule has 0 aliphatic carbocycles. The number of allylic oxidation sites excluding steroid dienone is 3. The average Bonchev–Trinajstić information content (AvgIpc) is 2.98. The molecule has 0 bridgehead atoms. The summed E-state index contributed by atoms with van der Waals surface area (Å²) in [6.45, 7) is 11.1. The molecule has 1 aliphatic heterocycles. The minimum absolute atomic E-state index is 0.208. The lowest BCUT2D eigenvalue weighted by molar-refractivity contribution is -0.274. The van der Waals surface area contributed by atoms with Crippen LogP contribution < -0.4 is 10.2 Å². The van der Waals surface area contributed by atoms with Crippen molar-refractivity contribution in [3.63, 3.8) is 0 Å². The minimum Gasteiger partial charge on any atom is -0.370 e. The first kappa shape index (κ1) is 34.0. The van der Waals surface area contributed by atoms with Crippen molar-refractivity contribution in [3.8, 4) is 0 Å². The zero-order valence-corrected chi connectivity index (χ0v) is 26.8. The molecule has 0 fully saturated rings. The summed E-state index contributed by atoms with van der Waals surface area (Å²) in [7, 11) is 3.26. The summed E-state index contributed by atoms with van der Waals surface area (Å²) in [6, 6.07) is 15.1. The van der Waals surface area contributed by atoms with Gasteiger partial charge in [0.2, 0.25) is 5.91 Å². The number of methoxy groups -OCH3 is 1. The molecule has 1 N–H and O–H groups in total. The number of benzene rings is 2. The first-order valence-electron chi connectivity index (χ1n) is 15.2. The quantitative estimate of drug-likeness (QED) is 0.130. The van der Waals surface area contributed by atoms with Crippen molar-refractivity contribution in [1.82, 2.24) is 0 Å². The number of ether oxygens (including phenoxy) is 3. The van der Waals surface area contributed by atoms with Gasteiger partial charge in [-0.2, -0.15) is 0 Å². The van der Waals surface area contributed by atoms with Crippen LogP contribution >= 0.6 is 0 Å². The molecule has 0 spiro atoms. The van der Waals surface area contributed by atoms with Gasteiger partial charge in [-0.05, 0) is 69.7 Å². The molecular weight excluding hydrogens is 540 g/mol. The van der Waals surface area contributed by atoms with Crippen LogP contribution in [0.1, 0.15) is 77.5 Å². The second-order valence-corrected chi connectivity index (χ2v) is 11.5. The molecule has 0 radical (unpaired) electrons. The van der Waals surface area contributed by atoms with Gasteiger partial charge in [-0.1, -0.05) is 80.0 Å². The molecule has 0 saturated carbocycles. The molecule has 2 aromatic rings. The van der Waals surface area contributed by atoms with Crippen molar-refractivity contribution in [1.29, 1.82) is 0 Å². The van der Waals surface area contributed by atoms with E-state index in [1.54, 1.807) is 32.4 Å².